The maximum atomic E-state index is 7.17. The Morgan fingerprint density at radius 2 is 2.00 bits per heavy atom. The van der Waals surface area contributed by atoms with Gasteiger partial charge in [-0.1, -0.05) is 13.8 Å². The molecule has 0 aliphatic heterocycles. The molecule has 0 rings (SSSR count). The third kappa shape index (κ3) is 3.22. The van der Waals surface area contributed by atoms with Crippen molar-refractivity contribution in [3.8, 4) is 0 Å². The number of rotatable bonds is 2. The molecular weight excluding hydrogens is 128 g/mol. The molecule has 10 heavy (non-hydrogen) atoms. The Hall–Kier alpha value is -0.860. The highest BCUT2D eigenvalue weighted by atomic mass is 16.5. The Kier molecular flexibility index (Phi) is 4.54. The zero-order valence-corrected chi connectivity index (χ0v) is 6.77. The number of nitrogens with zero attached hydrogens (tertiary/aromatic N) is 1. The van der Waals surface area contributed by atoms with Gasteiger partial charge in [0.1, 0.15) is 0 Å². The molecule has 1 N–H and O–H groups in total. The minimum Gasteiger partial charge on any atom is -0.430 e. The lowest BCUT2D eigenvalue weighted by molar-refractivity contribution is 0.508. The van der Waals surface area contributed by atoms with Crippen LogP contribution in [0.2, 0.25) is 0 Å². The predicted molar refractivity (Wildman–Crippen MR) is 42.8 cm³/mol. The van der Waals surface area contributed by atoms with Gasteiger partial charge in [0.25, 0.3) is 0 Å². The van der Waals surface area contributed by atoms with E-state index in [-0.39, 0.29) is 5.90 Å². The van der Waals surface area contributed by atoms with Gasteiger partial charge in [-0.15, -0.1) is 0 Å². The van der Waals surface area contributed by atoms with Gasteiger partial charge in [-0.25, -0.2) is 0 Å². The SMILES string of the molecule is CCC(=N)O/C(CC)=N\C. The summed E-state index contributed by atoms with van der Waals surface area (Å²) in [5, 5.41) is 7.17. The van der Waals surface area contributed by atoms with Gasteiger partial charge in [0.05, 0.1) is 0 Å². The highest BCUT2D eigenvalue weighted by Gasteiger charge is 1.97. The van der Waals surface area contributed by atoms with Gasteiger partial charge in [-0.3, -0.25) is 10.4 Å². The third-order valence-electron chi connectivity index (χ3n) is 1.11. The highest BCUT2D eigenvalue weighted by molar-refractivity contribution is 5.89. The van der Waals surface area contributed by atoms with E-state index in [1.165, 1.54) is 0 Å². The van der Waals surface area contributed by atoms with E-state index in [0.29, 0.717) is 12.3 Å². The van der Waals surface area contributed by atoms with Gasteiger partial charge in [-0.05, 0) is 0 Å². The fraction of sp³-hybridized carbons (Fsp3) is 0.714. The molecule has 0 fully saturated rings. The van der Waals surface area contributed by atoms with Crippen LogP contribution in [-0.4, -0.2) is 18.8 Å². The molecule has 0 bridgehead atoms. The molecule has 0 atom stereocenters. The van der Waals surface area contributed by atoms with E-state index in [4.69, 9.17) is 10.1 Å². The van der Waals surface area contributed by atoms with E-state index in [1.54, 1.807) is 7.05 Å². The molecule has 0 unspecified atom stereocenters. The van der Waals surface area contributed by atoms with Gasteiger partial charge in [0, 0.05) is 19.9 Å². The zero-order valence-electron chi connectivity index (χ0n) is 6.77. The van der Waals surface area contributed by atoms with E-state index < -0.39 is 0 Å². The van der Waals surface area contributed by atoms with Gasteiger partial charge in [0.15, 0.2) is 11.8 Å². The van der Waals surface area contributed by atoms with Crippen molar-refractivity contribution in [2.24, 2.45) is 4.99 Å². The van der Waals surface area contributed by atoms with Crippen LogP contribution in [0.25, 0.3) is 0 Å². The molecule has 0 radical (unpaired) electrons. The summed E-state index contributed by atoms with van der Waals surface area (Å²) in [5.41, 5.74) is 0. The quantitative estimate of drug-likeness (QED) is 0.464. The molecule has 0 aromatic rings. The first kappa shape index (κ1) is 9.14. The molecule has 0 saturated carbocycles. The van der Waals surface area contributed by atoms with Crippen molar-refractivity contribution in [3.63, 3.8) is 0 Å². The number of aliphatic imine (C=N–C) groups is 1. The monoisotopic (exact) mass is 142 g/mol. The Balaban J connectivity index is 3.76. The van der Waals surface area contributed by atoms with Gasteiger partial charge in [0.2, 0.25) is 0 Å². The molecule has 0 saturated heterocycles. The maximum Gasteiger partial charge on any atom is 0.191 e. The number of hydrogen-bond acceptors (Lipinski definition) is 3. The summed E-state index contributed by atoms with van der Waals surface area (Å²) in [6, 6.07) is 0. The van der Waals surface area contributed by atoms with Crippen LogP contribution in [0, 0.1) is 5.41 Å². The van der Waals surface area contributed by atoms with Crippen LogP contribution in [-0.2, 0) is 4.74 Å². The minimum atomic E-state index is 0.280. The summed E-state index contributed by atoms with van der Waals surface area (Å²) in [7, 11) is 1.67. The summed E-state index contributed by atoms with van der Waals surface area (Å²) in [5.74, 6) is 0.911. The fourth-order valence-electron chi connectivity index (χ4n) is 0.490. The molecule has 3 heteroatoms. The van der Waals surface area contributed by atoms with E-state index >= 15 is 0 Å². The summed E-state index contributed by atoms with van der Waals surface area (Å²) in [4.78, 5) is 3.85. The number of nitrogens with one attached hydrogen (secondary N) is 1. The molecule has 0 heterocycles. The molecule has 0 amide bonds. The van der Waals surface area contributed by atoms with Crippen molar-refractivity contribution in [2.75, 3.05) is 7.05 Å². The highest BCUT2D eigenvalue weighted by Crippen LogP contribution is 1.91. The van der Waals surface area contributed by atoms with Gasteiger partial charge in [-0.2, -0.15) is 0 Å². The Morgan fingerprint density at radius 3 is 2.30 bits per heavy atom. The smallest absolute Gasteiger partial charge is 0.191 e. The Bertz CT molecular complexity index is 141. The van der Waals surface area contributed by atoms with Crippen molar-refractivity contribution in [1.29, 1.82) is 5.41 Å². The number of ether oxygens (including phenoxy) is 1. The second kappa shape index (κ2) is 4.97. The van der Waals surface area contributed by atoms with E-state index in [2.05, 4.69) is 4.99 Å². The zero-order chi connectivity index (χ0) is 7.98. The topological polar surface area (TPSA) is 45.4 Å². The summed E-state index contributed by atoms with van der Waals surface area (Å²) < 4.78 is 5.03. The Labute approximate surface area is 61.6 Å². The van der Waals surface area contributed by atoms with Crippen LogP contribution in [0.1, 0.15) is 26.7 Å². The standard InChI is InChI=1S/C7H14N2O/c1-4-6(8)10-7(5-2)9-3/h8H,4-5H2,1-3H3/b8-6?,9-7-. The summed E-state index contributed by atoms with van der Waals surface area (Å²) in [6.07, 6.45) is 1.37. The van der Waals surface area contributed by atoms with E-state index in [0.717, 1.165) is 6.42 Å². The first-order valence-corrected chi connectivity index (χ1v) is 3.45. The average Bonchev–Trinajstić information content (AvgIpc) is 1.99. The fourth-order valence-corrected chi connectivity index (χ4v) is 0.490. The molecule has 3 nitrogen and oxygen atoms in total. The molecule has 0 aromatic carbocycles. The largest absolute Gasteiger partial charge is 0.430 e. The third-order valence-corrected chi connectivity index (χ3v) is 1.11. The average molecular weight is 142 g/mol. The van der Waals surface area contributed by atoms with Crippen molar-refractivity contribution < 1.29 is 4.74 Å². The molecule has 0 aliphatic carbocycles. The van der Waals surface area contributed by atoms with E-state index in [1.807, 2.05) is 13.8 Å². The second-order valence-corrected chi connectivity index (χ2v) is 1.85. The molecular formula is C7H14N2O. The normalized spacial score (nSPS) is 11.3. The lowest BCUT2D eigenvalue weighted by Crippen LogP contribution is -2.09. The minimum absolute atomic E-state index is 0.280. The molecule has 0 aromatic heterocycles. The maximum absolute atomic E-state index is 7.17. The van der Waals surface area contributed by atoms with Crippen molar-refractivity contribution in [2.45, 2.75) is 26.7 Å². The number of hydrogen-bond donors (Lipinski definition) is 1. The second-order valence-electron chi connectivity index (χ2n) is 1.85. The Morgan fingerprint density at radius 1 is 1.40 bits per heavy atom. The van der Waals surface area contributed by atoms with Crippen LogP contribution >= 0.6 is 0 Å². The van der Waals surface area contributed by atoms with Crippen LogP contribution in [0.5, 0.6) is 0 Å². The first-order valence-electron chi connectivity index (χ1n) is 3.45. The summed E-state index contributed by atoms with van der Waals surface area (Å²) >= 11 is 0. The van der Waals surface area contributed by atoms with Crippen LogP contribution in [0.15, 0.2) is 4.99 Å². The molecule has 58 valence electrons. The van der Waals surface area contributed by atoms with E-state index in [9.17, 15) is 0 Å². The van der Waals surface area contributed by atoms with Crippen LogP contribution in [0.4, 0.5) is 0 Å². The van der Waals surface area contributed by atoms with Gasteiger partial charge < -0.3 is 4.74 Å². The predicted octanol–water partition coefficient (Wildman–Crippen LogP) is 1.83. The first-order chi connectivity index (χ1) is 4.74. The molecule has 0 aliphatic rings. The molecule has 0 spiro atoms. The lowest BCUT2D eigenvalue weighted by atomic mass is 10.4. The van der Waals surface area contributed by atoms with Crippen LogP contribution < -0.4 is 0 Å². The van der Waals surface area contributed by atoms with Crippen molar-refractivity contribution in [1.82, 2.24) is 0 Å². The van der Waals surface area contributed by atoms with Crippen molar-refractivity contribution in [3.05, 3.63) is 0 Å². The summed E-state index contributed by atoms with van der Waals surface area (Å²) in [6.45, 7) is 3.83. The van der Waals surface area contributed by atoms with Crippen molar-refractivity contribution >= 4 is 11.8 Å². The lowest BCUT2D eigenvalue weighted by Gasteiger charge is -2.04. The van der Waals surface area contributed by atoms with Crippen LogP contribution in [0.3, 0.4) is 0 Å². The van der Waals surface area contributed by atoms with Gasteiger partial charge >= 0.3 is 0 Å².